The molecule has 0 aliphatic heterocycles. The van der Waals surface area contributed by atoms with Crippen molar-refractivity contribution in [1.82, 2.24) is 0 Å². The van der Waals surface area contributed by atoms with Gasteiger partial charge < -0.3 is 14.7 Å². The molecule has 21 heavy (non-hydrogen) atoms. The zero-order chi connectivity index (χ0) is 16.0. The van der Waals surface area contributed by atoms with Crippen molar-refractivity contribution >= 4 is 17.7 Å². The van der Waals surface area contributed by atoms with Gasteiger partial charge in [-0.15, -0.1) is 0 Å². The first-order valence-corrected chi connectivity index (χ1v) is 6.08. The van der Waals surface area contributed by atoms with Gasteiger partial charge in [0, 0.05) is 32.5 Å². The highest BCUT2D eigenvalue weighted by Gasteiger charge is 2.34. The van der Waals surface area contributed by atoms with Crippen LogP contribution in [0.3, 0.4) is 0 Å². The molecule has 0 atom stereocenters. The number of carboxylic acid groups (broad SMARTS) is 1. The van der Waals surface area contributed by atoms with Crippen molar-refractivity contribution in [3.63, 3.8) is 0 Å². The van der Waals surface area contributed by atoms with E-state index in [-0.39, 0.29) is 11.3 Å². The van der Waals surface area contributed by atoms with Crippen LogP contribution in [-0.4, -0.2) is 38.4 Å². The summed E-state index contributed by atoms with van der Waals surface area (Å²) in [5.74, 6) is -1.22. The molecule has 1 aromatic carbocycles. The Labute approximate surface area is 120 Å². The molecule has 0 saturated carbocycles. The zero-order valence-corrected chi connectivity index (χ0v) is 11.6. The Bertz CT molecular complexity index is 527. The van der Waals surface area contributed by atoms with Gasteiger partial charge in [-0.2, -0.15) is 13.2 Å². The number of aliphatic carboxylic acids is 1. The van der Waals surface area contributed by atoms with Crippen molar-refractivity contribution in [2.75, 3.05) is 32.2 Å². The second kappa shape index (κ2) is 7.12. The van der Waals surface area contributed by atoms with Gasteiger partial charge in [0.2, 0.25) is 0 Å². The van der Waals surface area contributed by atoms with Gasteiger partial charge in [0.05, 0.1) is 12.2 Å². The maximum absolute atomic E-state index is 13.1. The molecule has 0 aromatic heterocycles. The summed E-state index contributed by atoms with van der Waals surface area (Å²) in [5.41, 5.74) is -0.616. The van der Waals surface area contributed by atoms with Crippen molar-refractivity contribution in [1.29, 1.82) is 0 Å². The molecule has 0 radical (unpaired) electrons. The van der Waals surface area contributed by atoms with Crippen LogP contribution < -0.4 is 4.90 Å². The van der Waals surface area contributed by atoms with Crippen LogP contribution >= 0.6 is 0 Å². The molecule has 0 unspecified atom stereocenters. The maximum atomic E-state index is 13.1. The van der Waals surface area contributed by atoms with E-state index in [1.807, 2.05) is 0 Å². The number of alkyl halides is 3. The van der Waals surface area contributed by atoms with Crippen molar-refractivity contribution in [3.8, 4) is 0 Å². The summed E-state index contributed by atoms with van der Waals surface area (Å²) < 4.78 is 44.2. The van der Waals surface area contributed by atoms with Gasteiger partial charge in [0.25, 0.3) is 0 Å². The van der Waals surface area contributed by atoms with Crippen molar-refractivity contribution in [2.24, 2.45) is 0 Å². The van der Waals surface area contributed by atoms with Gasteiger partial charge in [-0.1, -0.05) is 6.07 Å². The fraction of sp³-hybridized carbons (Fsp3) is 0.357. The fourth-order valence-electron chi connectivity index (χ4n) is 1.73. The SMILES string of the molecule is COCCN(C)c1ccc(/C=C/C(=O)O)cc1C(F)(F)F. The number of hydrogen-bond donors (Lipinski definition) is 1. The minimum Gasteiger partial charge on any atom is -0.478 e. The molecule has 0 amide bonds. The summed E-state index contributed by atoms with van der Waals surface area (Å²) in [6, 6.07) is 3.69. The summed E-state index contributed by atoms with van der Waals surface area (Å²) in [6.45, 7) is 0.609. The van der Waals surface area contributed by atoms with Gasteiger partial charge >= 0.3 is 12.1 Å². The number of nitrogens with zero attached hydrogens (tertiary/aromatic N) is 1. The third-order valence-corrected chi connectivity index (χ3v) is 2.79. The molecule has 0 heterocycles. The predicted octanol–water partition coefficient (Wildman–Crippen LogP) is 2.89. The molecule has 116 valence electrons. The van der Waals surface area contributed by atoms with E-state index in [1.165, 1.54) is 31.2 Å². The molecule has 0 aliphatic carbocycles. The molecule has 0 bridgehead atoms. The van der Waals surface area contributed by atoms with Crippen LogP contribution in [0.15, 0.2) is 24.3 Å². The molecule has 1 aromatic rings. The molecule has 0 saturated heterocycles. The van der Waals surface area contributed by atoms with Crippen LogP contribution in [0.4, 0.5) is 18.9 Å². The lowest BCUT2D eigenvalue weighted by Gasteiger charge is -2.23. The summed E-state index contributed by atoms with van der Waals surface area (Å²) in [5, 5.41) is 8.51. The van der Waals surface area contributed by atoms with Gasteiger partial charge in [0.1, 0.15) is 0 Å². The van der Waals surface area contributed by atoms with E-state index in [0.29, 0.717) is 13.2 Å². The van der Waals surface area contributed by atoms with E-state index >= 15 is 0 Å². The second-order valence-corrected chi connectivity index (χ2v) is 4.36. The monoisotopic (exact) mass is 303 g/mol. The number of halogens is 3. The van der Waals surface area contributed by atoms with Crippen molar-refractivity contribution < 1.29 is 27.8 Å². The molecule has 1 rings (SSSR count). The highest BCUT2D eigenvalue weighted by Crippen LogP contribution is 2.37. The first-order valence-electron chi connectivity index (χ1n) is 6.08. The number of methoxy groups -OCH3 is 1. The van der Waals surface area contributed by atoms with Crippen LogP contribution in [0.25, 0.3) is 6.08 Å². The molecule has 4 nitrogen and oxygen atoms in total. The van der Waals surface area contributed by atoms with Crippen LogP contribution in [0.5, 0.6) is 0 Å². The predicted molar refractivity (Wildman–Crippen MR) is 73.3 cm³/mol. The standard InChI is InChI=1S/C14H16F3NO3/c1-18(7-8-21-2)12-5-3-10(4-6-13(19)20)9-11(12)14(15,16)17/h3-6,9H,7-8H2,1-2H3,(H,19,20)/b6-4+. The normalized spacial score (nSPS) is 11.9. The average Bonchev–Trinajstić information content (AvgIpc) is 2.41. The van der Waals surface area contributed by atoms with Crippen molar-refractivity contribution in [3.05, 3.63) is 35.4 Å². The maximum Gasteiger partial charge on any atom is 0.418 e. The topological polar surface area (TPSA) is 49.8 Å². The summed E-state index contributed by atoms with van der Waals surface area (Å²) >= 11 is 0. The van der Waals surface area contributed by atoms with Gasteiger partial charge in [-0.05, 0) is 23.8 Å². The molecule has 7 heteroatoms. The number of likely N-dealkylation sites (N-methyl/N-ethyl adjacent to an activating group) is 1. The Hall–Kier alpha value is -2.02. The molecule has 0 fully saturated rings. The van der Waals surface area contributed by atoms with E-state index in [2.05, 4.69) is 0 Å². The largest absolute Gasteiger partial charge is 0.478 e. The Kier molecular flexibility index (Phi) is 5.78. The Morgan fingerprint density at radius 2 is 2.10 bits per heavy atom. The van der Waals surface area contributed by atoms with E-state index in [0.717, 1.165) is 18.2 Å². The van der Waals surface area contributed by atoms with Gasteiger partial charge in [0.15, 0.2) is 0 Å². The molecule has 1 N–H and O–H groups in total. The zero-order valence-electron chi connectivity index (χ0n) is 11.6. The summed E-state index contributed by atoms with van der Waals surface area (Å²) in [7, 11) is 3.01. The lowest BCUT2D eigenvalue weighted by atomic mass is 10.1. The Morgan fingerprint density at radius 1 is 1.43 bits per heavy atom. The lowest BCUT2D eigenvalue weighted by molar-refractivity contribution is -0.137. The number of ether oxygens (including phenoxy) is 1. The van der Waals surface area contributed by atoms with Gasteiger partial charge in [-0.25, -0.2) is 4.79 Å². The first kappa shape index (κ1) is 17.0. The van der Waals surface area contributed by atoms with Gasteiger partial charge in [-0.3, -0.25) is 0 Å². The van der Waals surface area contributed by atoms with E-state index in [1.54, 1.807) is 0 Å². The molecular weight excluding hydrogens is 287 g/mol. The molecule has 0 aliphatic rings. The summed E-state index contributed by atoms with van der Waals surface area (Å²) in [4.78, 5) is 11.9. The van der Waals surface area contributed by atoms with Crippen LogP contribution in [0.2, 0.25) is 0 Å². The second-order valence-electron chi connectivity index (χ2n) is 4.36. The highest BCUT2D eigenvalue weighted by atomic mass is 19.4. The number of rotatable bonds is 6. The fourth-order valence-corrected chi connectivity index (χ4v) is 1.73. The van der Waals surface area contributed by atoms with E-state index in [4.69, 9.17) is 9.84 Å². The Balaban J connectivity index is 3.17. The number of hydrogen-bond acceptors (Lipinski definition) is 3. The quantitative estimate of drug-likeness (QED) is 0.821. The number of benzene rings is 1. The highest BCUT2D eigenvalue weighted by molar-refractivity contribution is 5.85. The van der Waals surface area contributed by atoms with Crippen LogP contribution in [0.1, 0.15) is 11.1 Å². The number of anilines is 1. The Morgan fingerprint density at radius 3 is 2.62 bits per heavy atom. The third kappa shape index (κ3) is 5.11. The number of carbonyl (C=O) groups is 1. The minimum absolute atomic E-state index is 0.0204. The third-order valence-electron chi connectivity index (χ3n) is 2.79. The molecular formula is C14H16F3NO3. The average molecular weight is 303 g/mol. The van der Waals surface area contributed by atoms with E-state index < -0.39 is 17.7 Å². The minimum atomic E-state index is -4.52. The van der Waals surface area contributed by atoms with E-state index in [9.17, 15) is 18.0 Å². The van der Waals surface area contributed by atoms with Crippen LogP contribution in [-0.2, 0) is 15.7 Å². The molecule has 0 spiro atoms. The lowest BCUT2D eigenvalue weighted by Crippen LogP contribution is -2.25. The van der Waals surface area contributed by atoms with Crippen molar-refractivity contribution in [2.45, 2.75) is 6.18 Å². The smallest absolute Gasteiger partial charge is 0.418 e. The first-order chi connectivity index (χ1) is 9.75. The summed E-state index contributed by atoms with van der Waals surface area (Å²) in [6.07, 6.45) is -2.61. The van der Waals surface area contributed by atoms with Crippen LogP contribution in [0, 0.1) is 0 Å². The number of carboxylic acids is 1.